The van der Waals surface area contributed by atoms with Crippen LogP contribution >= 0.6 is 27.7 Å². The number of anilines is 1. The lowest BCUT2D eigenvalue weighted by molar-refractivity contribution is -0.127. The fourth-order valence-electron chi connectivity index (χ4n) is 2.56. The zero-order valence-corrected chi connectivity index (χ0v) is 17.4. The van der Waals surface area contributed by atoms with Crippen LogP contribution in [0.25, 0.3) is 6.08 Å². The number of nitrogens with zero attached hydrogens (tertiary/aromatic N) is 1. The lowest BCUT2D eigenvalue weighted by Crippen LogP contribution is -2.36. The van der Waals surface area contributed by atoms with E-state index in [1.165, 1.54) is 0 Å². The van der Waals surface area contributed by atoms with Crippen LogP contribution in [0.5, 0.6) is 5.75 Å². The number of thioether (sulfide) groups is 1. The second kappa shape index (κ2) is 9.07. The second-order valence-electron chi connectivity index (χ2n) is 5.80. The molecule has 0 spiro atoms. The first-order valence-electron chi connectivity index (χ1n) is 8.50. The second-order valence-corrected chi connectivity index (χ2v) is 7.71. The van der Waals surface area contributed by atoms with Crippen LogP contribution in [0.3, 0.4) is 0 Å². The van der Waals surface area contributed by atoms with Gasteiger partial charge in [-0.05, 0) is 55.1 Å². The van der Waals surface area contributed by atoms with Gasteiger partial charge >= 0.3 is 0 Å². The van der Waals surface area contributed by atoms with E-state index in [1.54, 1.807) is 42.5 Å². The van der Waals surface area contributed by atoms with Crippen LogP contribution in [0.2, 0.25) is 0 Å². The summed E-state index contributed by atoms with van der Waals surface area (Å²) in [5, 5.41) is 2.19. The molecule has 3 amide bonds. The van der Waals surface area contributed by atoms with E-state index in [2.05, 4.69) is 21.2 Å². The highest BCUT2D eigenvalue weighted by molar-refractivity contribution is 9.10. The van der Waals surface area contributed by atoms with Gasteiger partial charge in [-0.2, -0.15) is 0 Å². The number of nitrogens with one attached hydrogen (secondary N) is 1. The van der Waals surface area contributed by atoms with Gasteiger partial charge in [-0.15, -0.1) is 0 Å². The molecule has 0 radical (unpaired) electrons. The van der Waals surface area contributed by atoms with Crippen LogP contribution in [0, 0.1) is 0 Å². The highest BCUT2D eigenvalue weighted by Gasteiger charge is 2.36. The van der Waals surface area contributed by atoms with Crippen molar-refractivity contribution in [3.8, 4) is 5.75 Å². The van der Waals surface area contributed by atoms with Crippen molar-refractivity contribution >= 4 is 56.5 Å². The molecule has 3 rings (SSSR count). The summed E-state index contributed by atoms with van der Waals surface area (Å²) in [6.07, 6.45) is 1.61. The third kappa shape index (κ3) is 4.82. The van der Waals surface area contributed by atoms with Gasteiger partial charge in [0.25, 0.3) is 11.1 Å². The number of para-hydroxylation sites is 1. The first-order chi connectivity index (χ1) is 13.5. The van der Waals surface area contributed by atoms with Gasteiger partial charge in [0, 0.05) is 15.7 Å². The first-order valence-corrected chi connectivity index (χ1v) is 10.1. The average molecular weight is 461 g/mol. The maximum absolute atomic E-state index is 12.6. The van der Waals surface area contributed by atoms with Crippen LogP contribution in [-0.4, -0.2) is 35.1 Å². The predicted octanol–water partition coefficient (Wildman–Crippen LogP) is 4.52. The number of ether oxygens (including phenoxy) is 1. The third-order valence-corrected chi connectivity index (χ3v) is 5.19. The summed E-state index contributed by atoms with van der Waals surface area (Å²) in [5.74, 6) is -0.327. The SMILES string of the molecule is CCOc1ccc(Br)cc1/C=C1/SC(=O)N(CC(=O)Nc2ccccc2)C1=O. The molecular weight excluding hydrogens is 444 g/mol. The van der Waals surface area contributed by atoms with E-state index in [0.717, 1.165) is 21.1 Å². The van der Waals surface area contributed by atoms with Crippen molar-refractivity contribution in [3.63, 3.8) is 0 Å². The van der Waals surface area contributed by atoms with Gasteiger partial charge in [0.15, 0.2) is 0 Å². The number of halogens is 1. The Morgan fingerprint density at radius 1 is 1.21 bits per heavy atom. The minimum absolute atomic E-state index is 0.247. The van der Waals surface area contributed by atoms with Crippen molar-refractivity contribution in [2.45, 2.75) is 6.92 Å². The molecule has 0 atom stereocenters. The fraction of sp³-hybridized carbons (Fsp3) is 0.150. The standard InChI is InChI=1S/C20H17BrN2O4S/c1-2-27-16-9-8-14(21)10-13(16)11-17-19(25)23(20(26)28-17)12-18(24)22-15-6-4-3-5-7-15/h3-11H,2,12H2,1H3,(H,22,24)/b17-11+. The highest BCUT2D eigenvalue weighted by atomic mass is 79.9. The van der Waals surface area contributed by atoms with Gasteiger partial charge in [0.2, 0.25) is 5.91 Å². The quantitative estimate of drug-likeness (QED) is 0.641. The Bertz CT molecular complexity index is 946. The maximum atomic E-state index is 12.6. The number of carbonyl (C=O) groups is 3. The summed E-state index contributed by atoms with van der Waals surface area (Å²) in [6.45, 7) is 2.00. The minimum Gasteiger partial charge on any atom is -0.493 e. The van der Waals surface area contributed by atoms with E-state index in [0.29, 0.717) is 23.6 Å². The van der Waals surface area contributed by atoms with E-state index in [9.17, 15) is 14.4 Å². The van der Waals surface area contributed by atoms with Gasteiger partial charge in [-0.1, -0.05) is 34.1 Å². The van der Waals surface area contributed by atoms with Gasteiger partial charge in [-0.3, -0.25) is 19.3 Å². The molecule has 2 aromatic rings. The molecule has 1 N–H and O–H groups in total. The normalized spacial score (nSPS) is 15.2. The lowest BCUT2D eigenvalue weighted by atomic mass is 10.2. The van der Waals surface area contributed by atoms with Crippen molar-refractivity contribution in [2.75, 3.05) is 18.5 Å². The third-order valence-electron chi connectivity index (χ3n) is 3.79. The van der Waals surface area contributed by atoms with Crippen molar-refractivity contribution in [2.24, 2.45) is 0 Å². The summed E-state index contributed by atoms with van der Waals surface area (Å²) in [6, 6.07) is 14.3. The Hall–Kier alpha value is -2.58. The smallest absolute Gasteiger partial charge is 0.294 e. The van der Waals surface area contributed by atoms with E-state index in [4.69, 9.17) is 4.74 Å². The minimum atomic E-state index is -0.499. The van der Waals surface area contributed by atoms with Crippen LogP contribution in [-0.2, 0) is 9.59 Å². The molecule has 1 heterocycles. The van der Waals surface area contributed by atoms with E-state index in [-0.39, 0.29) is 11.4 Å². The number of hydrogen-bond donors (Lipinski definition) is 1. The van der Waals surface area contributed by atoms with E-state index >= 15 is 0 Å². The van der Waals surface area contributed by atoms with Gasteiger partial charge in [-0.25, -0.2) is 0 Å². The van der Waals surface area contributed by atoms with E-state index < -0.39 is 17.1 Å². The first kappa shape index (κ1) is 20.2. The molecule has 8 heteroatoms. The van der Waals surface area contributed by atoms with Crippen molar-refractivity contribution in [1.82, 2.24) is 4.90 Å². The molecule has 1 saturated heterocycles. The summed E-state index contributed by atoms with van der Waals surface area (Å²) in [4.78, 5) is 38.3. The summed E-state index contributed by atoms with van der Waals surface area (Å²) in [7, 11) is 0. The summed E-state index contributed by atoms with van der Waals surface area (Å²) < 4.78 is 6.40. The monoisotopic (exact) mass is 460 g/mol. The number of amides is 3. The Kier molecular flexibility index (Phi) is 6.53. The maximum Gasteiger partial charge on any atom is 0.294 e. The largest absolute Gasteiger partial charge is 0.493 e. The highest BCUT2D eigenvalue weighted by Crippen LogP contribution is 2.34. The Labute approximate surface area is 175 Å². The molecule has 0 saturated carbocycles. The number of hydrogen-bond acceptors (Lipinski definition) is 5. The topological polar surface area (TPSA) is 75.7 Å². The lowest BCUT2D eigenvalue weighted by Gasteiger charge is -2.12. The molecule has 1 aliphatic rings. The zero-order chi connectivity index (χ0) is 20.1. The molecule has 0 aliphatic carbocycles. The van der Waals surface area contributed by atoms with Gasteiger partial charge in [0.05, 0.1) is 11.5 Å². The molecule has 6 nitrogen and oxygen atoms in total. The number of carbonyl (C=O) groups excluding carboxylic acids is 3. The Balaban J connectivity index is 1.75. The molecule has 1 fully saturated rings. The van der Waals surface area contributed by atoms with Crippen LogP contribution < -0.4 is 10.1 Å². The van der Waals surface area contributed by atoms with Crippen molar-refractivity contribution in [1.29, 1.82) is 0 Å². The molecule has 0 bridgehead atoms. The van der Waals surface area contributed by atoms with Gasteiger partial charge in [0.1, 0.15) is 12.3 Å². The fourth-order valence-corrected chi connectivity index (χ4v) is 3.77. The number of rotatable bonds is 6. The molecule has 1 aliphatic heterocycles. The molecule has 144 valence electrons. The van der Waals surface area contributed by atoms with Crippen LogP contribution in [0.4, 0.5) is 10.5 Å². The number of benzene rings is 2. The average Bonchev–Trinajstić information content (AvgIpc) is 2.92. The molecule has 28 heavy (non-hydrogen) atoms. The molecular formula is C20H17BrN2O4S. The summed E-state index contributed by atoms with van der Waals surface area (Å²) >= 11 is 4.20. The Morgan fingerprint density at radius 2 is 1.96 bits per heavy atom. The van der Waals surface area contributed by atoms with Crippen molar-refractivity contribution in [3.05, 3.63) is 63.5 Å². The molecule has 2 aromatic carbocycles. The molecule has 0 unspecified atom stereocenters. The molecule has 0 aromatic heterocycles. The van der Waals surface area contributed by atoms with Crippen LogP contribution in [0.15, 0.2) is 57.9 Å². The zero-order valence-electron chi connectivity index (χ0n) is 15.0. The predicted molar refractivity (Wildman–Crippen MR) is 113 cm³/mol. The van der Waals surface area contributed by atoms with E-state index in [1.807, 2.05) is 19.1 Å². The van der Waals surface area contributed by atoms with Crippen LogP contribution in [0.1, 0.15) is 12.5 Å². The number of imide groups is 1. The Morgan fingerprint density at radius 3 is 2.68 bits per heavy atom. The van der Waals surface area contributed by atoms with Gasteiger partial charge < -0.3 is 10.1 Å². The summed E-state index contributed by atoms with van der Waals surface area (Å²) in [5.41, 5.74) is 1.28. The van der Waals surface area contributed by atoms with Crippen molar-refractivity contribution < 1.29 is 19.1 Å².